The standard InChI is InChI=1S/C20H27N3O4/c1-20(2,3)12-18(25)22-7-4-8-23(10-9-22)19(26)14-5-6-16-15(11-14)21-17(24)13-27-16/h5-6,11H,4,7-10,12-13H2,1-3H3,(H,21,24). The monoisotopic (exact) mass is 373 g/mol. The van der Waals surface area contributed by atoms with E-state index in [1.807, 2.05) is 4.90 Å². The third-order valence-electron chi connectivity index (χ3n) is 4.68. The quantitative estimate of drug-likeness (QED) is 0.861. The van der Waals surface area contributed by atoms with E-state index in [0.717, 1.165) is 6.42 Å². The summed E-state index contributed by atoms with van der Waals surface area (Å²) in [6.07, 6.45) is 1.26. The van der Waals surface area contributed by atoms with Crippen LogP contribution in [0.1, 0.15) is 44.0 Å². The molecule has 3 rings (SSSR count). The molecule has 27 heavy (non-hydrogen) atoms. The number of anilines is 1. The summed E-state index contributed by atoms with van der Waals surface area (Å²) in [6, 6.07) is 5.08. The molecule has 1 saturated heterocycles. The molecular weight excluding hydrogens is 346 g/mol. The van der Waals surface area contributed by atoms with Crippen molar-refractivity contribution < 1.29 is 19.1 Å². The number of ether oxygens (including phenoxy) is 1. The van der Waals surface area contributed by atoms with Gasteiger partial charge in [-0.15, -0.1) is 0 Å². The highest BCUT2D eigenvalue weighted by Gasteiger charge is 2.26. The molecule has 1 aromatic rings. The van der Waals surface area contributed by atoms with Crippen LogP contribution in [0, 0.1) is 5.41 Å². The normalized spacial score (nSPS) is 17.5. The zero-order valence-corrected chi connectivity index (χ0v) is 16.2. The van der Waals surface area contributed by atoms with Crippen LogP contribution in [0.5, 0.6) is 5.75 Å². The van der Waals surface area contributed by atoms with Gasteiger partial charge in [0.25, 0.3) is 11.8 Å². The van der Waals surface area contributed by atoms with Gasteiger partial charge in [0.1, 0.15) is 5.75 Å². The average Bonchev–Trinajstić information content (AvgIpc) is 2.85. The third kappa shape index (κ3) is 4.78. The predicted molar refractivity (Wildman–Crippen MR) is 102 cm³/mol. The minimum atomic E-state index is -0.227. The van der Waals surface area contributed by atoms with Crippen LogP contribution in [-0.2, 0) is 9.59 Å². The number of benzene rings is 1. The van der Waals surface area contributed by atoms with Crippen molar-refractivity contribution >= 4 is 23.4 Å². The number of hydrogen-bond donors (Lipinski definition) is 1. The van der Waals surface area contributed by atoms with Crippen molar-refractivity contribution in [3.05, 3.63) is 23.8 Å². The van der Waals surface area contributed by atoms with Gasteiger partial charge in [0, 0.05) is 38.2 Å². The molecular formula is C20H27N3O4. The number of carbonyl (C=O) groups excluding carboxylic acids is 3. The molecule has 0 spiro atoms. The molecule has 0 unspecified atom stereocenters. The molecule has 2 aliphatic rings. The Morgan fingerprint density at radius 3 is 2.56 bits per heavy atom. The lowest BCUT2D eigenvalue weighted by Crippen LogP contribution is -2.38. The second kappa shape index (κ2) is 7.58. The Labute approximate surface area is 159 Å². The fourth-order valence-corrected chi connectivity index (χ4v) is 3.33. The summed E-state index contributed by atoms with van der Waals surface area (Å²) in [5.74, 6) is 0.393. The van der Waals surface area contributed by atoms with E-state index >= 15 is 0 Å². The Bertz CT molecular complexity index is 754. The summed E-state index contributed by atoms with van der Waals surface area (Å²) in [4.78, 5) is 40.5. The zero-order valence-electron chi connectivity index (χ0n) is 16.2. The predicted octanol–water partition coefficient (Wildman–Crippen LogP) is 2.13. The molecule has 146 valence electrons. The molecule has 0 aromatic heterocycles. The van der Waals surface area contributed by atoms with Gasteiger partial charge in [-0.3, -0.25) is 14.4 Å². The van der Waals surface area contributed by atoms with Crippen LogP contribution in [0.25, 0.3) is 0 Å². The fourth-order valence-electron chi connectivity index (χ4n) is 3.33. The summed E-state index contributed by atoms with van der Waals surface area (Å²) in [7, 11) is 0. The van der Waals surface area contributed by atoms with E-state index in [9.17, 15) is 14.4 Å². The molecule has 2 heterocycles. The maximum Gasteiger partial charge on any atom is 0.262 e. The van der Waals surface area contributed by atoms with Crippen LogP contribution in [-0.4, -0.2) is 60.3 Å². The summed E-state index contributed by atoms with van der Waals surface area (Å²) in [5, 5.41) is 2.73. The van der Waals surface area contributed by atoms with Crippen LogP contribution in [0.3, 0.4) is 0 Å². The van der Waals surface area contributed by atoms with Gasteiger partial charge in [-0.05, 0) is 30.0 Å². The number of nitrogens with one attached hydrogen (secondary N) is 1. The molecule has 2 aliphatic heterocycles. The largest absolute Gasteiger partial charge is 0.482 e. The molecule has 0 radical (unpaired) electrons. The highest BCUT2D eigenvalue weighted by atomic mass is 16.5. The third-order valence-corrected chi connectivity index (χ3v) is 4.68. The summed E-state index contributed by atoms with van der Waals surface area (Å²) in [5.41, 5.74) is 0.983. The first-order chi connectivity index (χ1) is 12.7. The second-order valence-corrected chi connectivity index (χ2v) is 8.31. The Hall–Kier alpha value is -2.57. The lowest BCUT2D eigenvalue weighted by Gasteiger charge is -2.26. The minimum absolute atomic E-state index is 0.00908. The summed E-state index contributed by atoms with van der Waals surface area (Å²) in [6.45, 7) is 8.49. The van der Waals surface area contributed by atoms with E-state index in [1.165, 1.54) is 0 Å². The number of amides is 3. The van der Waals surface area contributed by atoms with Gasteiger partial charge < -0.3 is 19.9 Å². The van der Waals surface area contributed by atoms with Gasteiger partial charge in [-0.2, -0.15) is 0 Å². The van der Waals surface area contributed by atoms with Gasteiger partial charge in [0.05, 0.1) is 5.69 Å². The highest BCUT2D eigenvalue weighted by Crippen LogP contribution is 2.29. The van der Waals surface area contributed by atoms with Crippen molar-refractivity contribution in [1.82, 2.24) is 9.80 Å². The van der Waals surface area contributed by atoms with E-state index in [-0.39, 0.29) is 29.7 Å². The Balaban J connectivity index is 1.65. The lowest BCUT2D eigenvalue weighted by atomic mass is 9.91. The molecule has 1 fully saturated rings. The first kappa shape index (κ1) is 19.2. The highest BCUT2D eigenvalue weighted by molar-refractivity contribution is 5.99. The van der Waals surface area contributed by atoms with Gasteiger partial charge in [-0.25, -0.2) is 0 Å². The van der Waals surface area contributed by atoms with Gasteiger partial charge in [-0.1, -0.05) is 20.8 Å². The Morgan fingerprint density at radius 1 is 1.11 bits per heavy atom. The SMILES string of the molecule is CC(C)(C)CC(=O)N1CCCN(C(=O)c2ccc3c(c2)NC(=O)CO3)CC1. The van der Waals surface area contributed by atoms with Crippen LogP contribution in [0.15, 0.2) is 18.2 Å². The van der Waals surface area contributed by atoms with Crippen molar-refractivity contribution in [2.75, 3.05) is 38.1 Å². The summed E-state index contributed by atoms with van der Waals surface area (Å²) < 4.78 is 5.33. The van der Waals surface area contributed by atoms with Crippen LogP contribution in [0.4, 0.5) is 5.69 Å². The number of fused-ring (bicyclic) bond motifs is 1. The first-order valence-corrected chi connectivity index (χ1v) is 9.37. The zero-order chi connectivity index (χ0) is 19.6. The number of hydrogen-bond acceptors (Lipinski definition) is 4. The Kier molecular flexibility index (Phi) is 5.39. The smallest absolute Gasteiger partial charge is 0.262 e. The maximum atomic E-state index is 12.9. The van der Waals surface area contributed by atoms with Gasteiger partial charge in [0.15, 0.2) is 6.61 Å². The van der Waals surface area contributed by atoms with Crippen LogP contribution < -0.4 is 10.1 Å². The van der Waals surface area contributed by atoms with Crippen molar-refractivity contribution in [1.29, 1.82) is 0 Å². The van der Waals surface area contributed by atoms with E-state index in [0.29, 0.717) is 49.6 Å². The molecule has 1 N–H and O–H groups in total. The molecule has 0 saturated carbocycles. The summed E-state index contributed by atoms with van der Waals surface area (Å²) >= 11 is 0. The topological polar surface area (TPSA) is 79.0 Å². The Morgan fingerprint density at radius 2 is 1.81 bits per heavy atom. The van der Waals surface area contributed by atoms with Gasteiger partial charge in [0.2, 0.25) is 5.91 Å². The van der Waals surface area contributed by atoms with E-state index in [1.54, 1.807) is 23.1 Å². The van der Waals surface area contributed by atoms with E-state index in [4.69, 9.17) is 4.74 Å². The minimum Gasteiger partial charge on any atom is -0.482 e. The average molecular weight is 373 g/mol. The van der Waals surface area contributed by atoms with Crippen molar-refractivity contribution in [2.45, 2.75) is 33.6 Å². The molecule has 3 amide bonds. The molecule has 7 nitrogen and oxygen atoms in total. The number of carbonyl (C=O) groups is 3. The molecule has 7 heteroatoms. The molecule has 0 bridgehead atoms. The maximum absolute atomic E-state index is 12.9. The van der Waals surface area contributed by atoms with Crippen molar-refractivity contribution in [2.24, 2.45) is 5.41 Å². The van der Waals surface area contributed by atoms with Crippen molar-refractivity contribution in [3.8, 4) is 5.75 Å². The van der Waals surface area contributed by atoms with E-state index < -0.39 is 0 Å². The van der Waals surface area contributed by atoms with Gasteiger partial charge >= 0.3 is 0 Å². The van der Waals surface area contributed by atoms with E-state index in [2.05, 4.69) is 26.1 Å². The number of nitrogens with zero attached hydrogens (tertiary/aromatic N) is 2. The molecule has 0 aliphatic carbocycles. The first-order valence-electron chi connectivity index (χ1n) is 9.37. The molecule has 0 atom stereocenters. The fraction of sp³-hybridized carbons (Fsp3) is 0.550. The number of rotatable bonds is 2. The van der Waals surface area contributed by atoms with Crippen LogP contribution >= 0.6 is 0 Å². The lowest BCUT2D eigenvalue weighted by molar-refractivity contribution is -0.133. The second-order valence-electron chi connectivity index (χ2n) is 8.31. The van der Waals surface area contributed by atoms with Crippen LogP contribution in [0.2, 0.25) is 0 Å². The van der Waals surface area contributed by atoms with Crippen molar-refractivity contribution in [3.63, 3.8) is 0 Å². The molecule has 1 aromatic carbocycles.